The van der Waals surface area contributed by atoms with Crippen molar-refractivity contribution in [1.82, 2.24) is 34.9 Å². The first-order valence-electron chi connectivity index (χ1n) is 23.7. The maximum absolute atomic E-state index is 15.3. The maximum Gasteiger partial charge on any atom is 0.274 e. The number of carbonyl (C=O) groups excluding carboxylic acids is 3. The third kappa shape index (κ3) is 9.86. The molecule has 17 nitrogen and oxygen atoms in total. The maximum atomic E-state index is 15.3. The van der Waals surface area contributed by atoms with E-state index in [4.69, 9.17) is 9.72 Å². The average Bonchev–Trinajstić information content (AvgIpc) is 3.84. The zero-order chi connectivity index (χ0) is 49.6. The van der Waals surface area contributed by atoms with E-state index in [1.165, 1.54) is 16.8 Å². The van der Waals surface area contributed by atoms with Gasteiger partial charge in [-0.2, -0.15) is 10.1 Å². The number of carbonyl (C=O) groups is 3. The van der Waals surface area contributed by atoms with Crippen LogP contribution in [0.1, 0.15) is 56.1 Å². The van der Waals surface area contributed by atoms with E-state index in [2.05, 4.69) is 70.8 Å². The van der Waals surface area contributed by atoms with E-state index in [-0.39, 0.29) is 35.8 Å². The predicted octanol–water partition coefficient (Wildman–Crippen LogP) is 6.23. The number of rotatable bonds is 12. The van der Waals surface area contributed by atoms with Crippen LogP contribution in [-0.2, 0) is 32.4 Å². The second kappa shape index (κ2) is 20.0. The molecule has 0 radical (unpaired) electrons. The number of nitrogens with one attached hydrogen (secondary N) is 3. The molecule has 2 aromatic heterocycles. The molecule has 0 saturated carbocycles. The van der Waals surface area contributed by atoms with Gasteiger partial charge in [0.1, 0.15) is 30.3 Å². The quantitative estimate of drug-likeness (QED) is 0.0943. The minimum Gasteiger partial charge on any atom is -0.494 e. The fraction of sp³-hybridized carbons (Fsp3) is 0.449. The van der Waals surface area contributed by atoms with Gasteiger partial charge in [-0.25, -0.2) is 18.4 Å². The second-order valence-electron chi connectivity index (χ2n) is 18.9. The van der Waals surface area contributed by atoms with Crippen molar-refractivity contribution < 1.29 is 32.5 Å². The number of hydrogen-bond acceptors (Lipinski definition) is 14. The normalized spacial score (nSPS) is 19.5. The van der Waals surface area contributed by atoms with Gasteiger partial charge in [-0.15, -0.1) is 0 Å². The molecule has 3 aromatic carbocycles. The van der Waals surface area contributed by atoms with E-state index < -0.39 is 36.5 Å². The Morgan fingerprint density at radius 1 is 0.900 bits per heavy atom. The third-order valence-electron chi connectivity index (χ3n) is 14.2. The summed E-state index contributed by atoms with van der Waals surface area (Å²) >= 11 is 3.57. The van der Waals surface area contributed by atoms with Crippen molar-refractivity contribution in [3.8, 4) is 5.75 Å². The number of hydrogen-bond donors (Lipinski definition) is 3. The molecule has 0 spiro atoms. The monoisotopic (exact) mass is 1040 g/mol. The summed E-state index contributed by atoms with van der Waals surface area (Å²) < 4.78 is 52.1. The number of methoxy groups -OCH3 is 1. The van der Waals surface area contributed by atoms with Crippen molar-refractivity contribution in [2.45, 2.75) is 57.4 Å². The highest BCUT2D eigenvalue weighted by Gasteiger charge is 2.37. The van der Waals surface area contributed by atoms with Gasteiger partial charge < -0.3 is 34.6 Å². The van der Waals surface area contributed by atoms with Crippen LogP contribution < -0.4 is 41.4 Å². The molecule has 21 heteroatoms. The molecule has 4 saturated heterocycles. The standard InChI is InChI=1S/C49H57BrF2N11O6P/c1-6-28-21-39(56-49-53-26-35(50)45(58-49)55-38-9-7-32-34(44(38)70(4,5)68)25-54-59(2)48(32)67)41(69-3)24-40(28)61-15-12-30(13-16-61)60-17-19-62(20-18-60)47(66)29-11-14-63(27-29)31-22-36(51)43(37(52)23-31)33-8-10-42(64)57-46(33)65/h7,9,21-26,29-30,33H,6,8,10-20,27H2,1-5H3,(H,57,64,65)(H2,53,55,56,58)/t29-,33-/m1/s1. The molecule has 4 aliphatic rings. The number of aryl methyl sites for hydroxylation is 2. The molecule has 3 amide bonds. The summed E-state index contributed by atoms with van der Waals surface area (Å²) in [7, 11) is 0.295. The van der Waals surface area contributed by atoms with Crippen molar-refractivity contribution in [2.24, 2.45) is 13.0 Å². The van der Waals surface area contributed by atoms with Crippen LogP contribution in [0.3, 0.4) is 0 Å². The summed E-state index contributed by atoms with van der Waals surface area (Å²) in [5, 5.41) is 14.5. The van der Waals surface area contributed by atoms with Crippen molar-refractivity contribution in [3.63, 3.8) is 0 Å². The highest BCUT2D eigenvalue weighted by molar-refractivity contribution is 9.10. The fourth-order valence-corrected chi connectivity index (χ4v) is 12.2. The zero-order valence-corrected chi connectivity index (χ0v) is 42.3. The summed E-state index contributed by atoms with van der Waals surface area (Å²) in [6.45, 7) is 10.8. The Morgan fingerprint density at radius 2 is 1.61 bits per heavy atom. The fourth-order valence-electron chi connectivity index (χ4n) is 10.5. The molecule has 0 aliphatic carbocycles. The average molecular weight is 1040 g/mol. The van der Waals surface area contributed by atoms with Crippen molar-refractivity contribution in [3.05, 3.63) is 86.4 Å². The molecule has 0 bridgehead atoms. The van der Waals surface area contributed by atoms with Crippen LogP contribution in [-0.4, -0.2) is 126 Å². The summed E-state index contributed by atoms with van der Waals surface area (Å²) in [6, 6.07) is 10.4. The molecule has 2 atom stereocenters. The van der Waals surface area contributed by atoms with Gasteiger partial charge in [0.25, 0.3) is 5.56 Å². The first kappa shape index (κ1) is 49.0. The molecule has 4 aliphatic heterocycles. The predicted molar refractivity (Wildman–Crippen MR) is 270 cm³/mol. The molecule has 6 heterocycles. The highest BCUT2D eigenvalue weighted by atomic mass is 79.9. The lowest BCUT2D eigenvalue weighted by atomic mass is 9.89. The number of nitrogens with zero attached hydrogens (tertiary/aromatic N) is 8. The smallest absolute Gasteiger partial charge is 0.274 e. The van der Waals surface area contributed by atoms with Gasteiger partial charge in [0.15, 0.2) is 0 Å². The number of ether oxygens (including phenoxy) is 1. The number of fused-ring (bicyclic) bond motifs is 1. The van der Waals surface area contributed by atoms with Gasteiger partial charge >= 0.3 is 0 Å². The Morgan fingerprint density at radius 3 is 2.29 bits per heavy atom. The summed E-state index contributed by atoms with van der Waals surface area (Å²) in [5.74, 6) is -2.71. The number of amides is 3. The van der Waals surface area contributed by atoms with Gasteiger partial charge in [0.05, 0.1) is 46.4 Å². The molecule has 5 aromatic rings. The number of piperidine rings is 2. The summed E-state index contributed by atoms with van der Waals surface area (Å²) in [4.78, 5) is 68.5. The van der Waals surface area contributed by atoms with Crippen LogP contribution in [0.4, 0.5) is 43.3 Å². The summed E-state index contributed by atoms with van der Waals surface area (Å²) in [5.41, 5.74) is 3.22. The minimum atomic E-state index is -2.92. The van der Waals surface area contributed by atoms with Crippen LogP contribution in [0.5, 0.6) is 5.75 Å². The molecule has 3 N–H and O–H groups in total. The first-order valence-corrected chi connectivity index (χ1v) is 27.1. The number of benzene rings is 3. The lowest BCUT2D eigenvalue weighted by Gasteiger charge is -2.44. The number of anilines is 6. The second-order valence-corrected chi connectivity index (χ2v) is 22.9. The van der Waals surface area contributed by atoms with Crippen molar-refractivity contribution in [2.75, 3.05) is 93.2 Å². The van der Waals surface area contributed by atoms with Crippen molar-refractivity contribution >= 4 is 91.4 Å². The topological polar surface area (TPSA) is 187 Å². The van der Waals surface area contributed by atoms with Crippen LogP contribution in [0.15, 0.2) is 58.1 Å². The summed E-state index contributed by atoms with van der Waals surface area (Å²) in [6.07, 6.45) is 6.55. The van der Waals surface area contributed by atoms with E-state index in [1.807, 2.05) is 9.80 Å². The number of aromatic nitrogens is 4. The van der Waals surface area contributed by atoms with E-state index >= 15 is 8.78 Å². The lowest BCUT2D eigenvalue weighted by molar-refractivity contribution is -0.137. The highest BCUT2D eigenvalue weighted by Crippen LogP contribution is 2.42. The van der Waals surface area contributed by atoms with Crippen LogP contribution in [0, 0.1) is 17.6 Å². The number of imide groups is 1. The van der Waals surface area contributed by atoms with Crippen molar-refractivity contribution in [1.29, 1.82) is 0 Å². The minimum absolute atomic E-state index is 0.0214. The van der Waals surface area contributed by atoms with Gasteiger partial charge in [-0.3, -0.25) is 29.4 Å². The zero-order valence-electron chi connectivity index (χ0n) is 39.9. The SMILES string of the molecule is CCc1cc(Nc2ncc(Br)c(Nc3ccc4c(=O)n(C)ncc4c3P(C)(C)=O)n2)c(OC)cc1N1CCC(N2CCN(C(=O)[C@@H]3CCN(c4cc(F)c([C@H]5CCC(=O)NC5=O)c(F)c4)C3)CC2)CC1. The number of halogens is 3. The largest absolute Gasteiger partial charge is 0.494 e. The van der Waals surface area contributed by atoms with E-state index in [1.54, 1.807) is 52.0 Å². The number of piperazine rings is 1. The van der Waals surface area contributed by atoms with Crippen LogP contribution >= 0.6 is 23.1 Å². The Labute approximate surface area is 412 Å². The molecule has 70 heavy (non-hydrogen) atoms. The lowest BCUT2D eigenvalue weighted by Crippen LogP contribution is -2.55. The van der Waals surface area contributed by atoms with Crippen LogP contribution in [0.25, 0.3) is 10.8 Å². The van der Waals surface area contributed by atoms with Gasteiger partial charge in [-0.05, 0) is 97.3 Å². The van der Waals surface area contributed by atoms with Gasteiger partial charge in [-0.1, -0.05) is 6.92 Å². The molecule has 0 unspecified atom stereocenters. The van der Waals surface area contributed by atoms with Crippen LogP contribution in [0.2, 0.25) is 0 Å². The Hall–Kier alpha value is -5.98. The van der Waals surface area contributed by atoms with E-state index in [0.29, 0.717) is 93.8 Å². The Kier molecular flexibility index (Phi) is 14.0. The van der Waals surface area contributed by atoms with E-state index in [0.717, 1.165) is 56.7 Å². The molecule has 9 rings (SSSR count). The van der Waals surface area contributed by atoms with E-state index in [9.17, 15) is 23.7 Å². The Balaban J connectivity index is 0.800. The van der Waals surface area contributed by atoms with Gasteiger partial charge in [0.2, 0.25) is 23.7 Å². The molecular formula is C49H57BrF2N11O6P. The third-order valence-corrected chi connectivity index (χ3v) is 16.3. The van der Waals surface area contributed by atoms with Gasteiger partial charge in [0, 0.05) is 112 Å². The molecule has 370 valence electrons. The molecule has 4 fully saturated rings. The Bertz CT molecular complexity index is 2970. The molecular weight excluding hydrogens is 987 g/mol. The first-order chi connectivity index (χ1) is 33.5.